The van der Waals surface area contributed by atoms with Crippen LogP contribution in [0.5, 0.6) is 0 Å². The van der Waals surface area contributed by atoms with Crippen LogP contribution in [0.4, 0.5) is 18.9 Å². The van der Waals surface area contributed by atoms with Crippen molar-refractivity contribution in [2.24, 2.45) is 0 Å². The monoisotopic (exact) mass is 340 g/mol. The van der Waals surface area contributed by atoms with Gasteiger partial charge in [-0.3, -0.25) is 4.79 Å². The Kier molecular flexibility index (Phi) is 3.69. The summed E-state index contributed by atoms with van der Waals surface area (Å²) in [5.74, 6) is -0.721. The fraction of sp³-hybridized carbons (Fsp3) is 0.0714. The van der Waals surface area contributed by atoms with Gasteiger partial charge in [-0.25, -0.2) is 9.97 Å². The molecule has 0 radical (unpaired) electrons. The predicted octanol–water partition coefficient (Wildman–Crippen LogP) is 3.88. The maximum atomic E-state index is 13.0. The number of hydrogen-bond donors (Lipinski definition) is 2. The standard InChI is InChI=1S/C14H8ClF3N4O/c15-8-1-2-10(9(4-8)14(16,17)18)22-13(23)7-3-11-12(19-5-7)21-6-20-11/h1-6H,(H,22,23)(H,19,20,21). The molecule has 2 heterocycles. The molecule has 0 aliphatic rings. The highest BCUT2D eigenvalue weighted by molar-refractivity contribution is 6.30. The number of hydrogen-bond acceptors (Lipinski definition) is 3. The Hall–Kier alpha value is -2.61. The lowest BCUT2D eigenvalue weighted by Gasteiger charge is -2.14. The minimum Gasteiger partial charge on any atom is -0.343 e. The zero-order chi connectivity index (χ0) is 16.6. The fourth-order valence-electron chi connectivity index (χ4n) is 2.01. The van der Waals surface area contributed by atoms with Crippen LogP contribution in [0.3, 0.4) is 0 Å². The molecule has 0 fully saturated rings. The highest BCUT2D eigenvalue weighted by Crippen LogP contribution is 2.36. The number of aromatic nitrogens is 3. The number of fused-ring (bicyclic) bond motifs is 1. The van der Waals surface area contributed by atoms with Crippen molar-refractivity contribution in [3.8, 4) is 0 Å². The number of aromatic amines is 1. The third-order valence-corrected chi connectivity index (χ3v) is 3.31. The number of nitrogens with zero attached hydrogens (tertiary/aromatic N) is 2. The van der Waals surface area contributed by atoms with Gasteiger partial charge in [0.25, 0.3) is 5.91 Å². The highest BCUT2D eigenvalue weighted by Gasteiger charge is 2.34. The zero-order valence-corrected chi connectivity index (χ0v) is 12.0. The average Bonchev–Trinajstić information content (AvgIpc) is 2.95. The van der Waals surface area contributed by atoms with E-state index in [-0.39, 0.29) is 16.3 Å². The number of rotatable bonds is 2. The van der Waals surface area contributed by atoms with E-state index >= 15 is 0 Å². The number of anilines is 1. The summed E-state index contributed by atoms with van der Waals surface area (Å²) in [6.45, 7) is 0. The SMILES string of the molecule is O=C(Nc1ccc(Cl)cc1C(F)(F)F)c1cnc2nc[nH]c2c1. The van der Waals surface area contributed by atoms with E-state index in [1.54, 1.807) is 0 Å². The van der Waals surface area contributed by atoms with E-state index in [9.17, 15) is 18.0 Å². The van der Waals surface area contributed by atoms with Crippen LogP contribution in [0.15, 0.2) is 36.8 Å². The summed E-state index contributed by atoms with van der Waals surface area (Å²) in [5, 5.41) is 2.15. The summed E-state index contributed by atoms with van der Waals surface area (Å²) in [5.41, 5.74) is -0.385. The summed E-state index contributed by atoms with van der Waals surface area (Å²) in [4.78, 5) is 22.8. The van der Waals surface area contributed by atoms with E-state index < -0.39 is 17.6 Å². The molecule has 0 saturated heterocycles. The Morgan fingerprint density at radius 1 is 1.22 bits per heavy atom. The number of benzene rings is 1. The largest absolute Gasteiger partial charge is 0.418 e. The Balaban J connectivity index is 1.93. The Labute approximate surface area is 132 Å². The van der Waals surface area contributed by atoms with Gasteiger partial charge in [0.15, 0.2) is 5.65 Å². The first kappa shape index (κ1) is 15.3. The summed E-state index contributed by atoms with van der Waals surface area (Å²) in [6, 6.07) is 4.58. The average molecular weight is 341 g/mol. The van der Waals surface area contributed by atoms with Crippen molar-refractivity contribution in [3.63, 3.8) is 0 Å². The lowest BCUT2D eigenvalue weighted by Crippen LogP contribution is -2.17. The van der Waals surface area contributed by atoms with Crippen LogP contribution >= 0.6 is 11.6 Å². The van der Waals surface area contributed by atoms with Crippen LogP contribution in [0, 0.1) is 0 Å². The van der Waals surface area contributed by atoms with Crippen molar-refractivity contribution >= 4 is 34.4 Å². The number of amides is 1. The molecule has 2 aromatic heterocycles. The van der Waals surface area contributed by atoms with Gasteiger partial charge in [0.2, 0.25) is 0 Å². The van der Waals surface area contributed by atoms with Gasteiger partial charge in [-0.05, 0) is 24.3 Å². The van der Waals surface area contributed by atoms with Gasteiger partial charge >= 0.3 is 6.18 Å². The first-order chi connectivity index (χ1) is 10.8. The van der Waals surface area contributed by atoms with Crippen LogP contribution in [-0.2, 0) is 6.18 Å². The molecule has 0 aliphatic heterocycles. The Morgan fingerprint density at radius 3 is 2.74 bits per heavy atom. The molecule has 1 amide bonds. The molecule has 5 nitrogen and oxygen atoms in total. The van der Waals surface area contributed by atoms with Gasteiger partial charge in [0.05, 0.1) is 28.7 Å². The summed E-state index contributed by atoms with van der Waals surface area (Å²) in [6.07, 6.45) is -2.00. The summed E-state index contributed by atoms with van der Waals surface area (Å²) in [7, 11) is 0. The normalized spacial score (nSPS) is 11.7. The van der Waals surface area contributed by atoms with Gasteiger partial charge in [0.1, 0.15) is 0 Å². The molecule has 3 rings (SSSR count). The third-order valence-electron chi connectivity index (χ3n) is 3.07. The number of halogens is 4. The smallest absolute Gasteiger partial charge is 0.343 e. The predicted molar refractivity (Wildman–Crippen MR) is 78.3 cm³/mol. The van der Waals surface area contributed by atoms with Crippen molar-refractivity contribution in [1.82, 2.24) is 15.0 Å². The first-order valence-corrected chi connectivity index (χ1v) is 6.69. The Morgan fingerprint density at radius 2 is 2.00 bits per heavy atom. The molecular formula is C14H8ClF3N4O. The van der Waals surface area contributed by atoms with Crippen molar-refractivity contribution in [2.75, 3.05) is 5.32 Å². The van der Waals surface area contributed by atoms with E-state index in [4.69, 9.17) is 11.6 Å². The fourth-order valence-corrected chi connectivity index (χ4v) is 2.18. The highest BCUT2D eigenvalue weighted by atomic mass is 35.5. The van der Waals surface area contributed by atoms with Crippen LogP contribution in [-0.4, -0.2) is 20.9 Å². The number of pyridine rings is 1. The van der Waals surface area contributed by atoms with E-state index in [0.29, 0.717) is 11.2 Å². The van der Waals surface area contributed by atoms with E-state index in [0.717, 1.165) is 12.1 Å². The molecule has 0 bridgehead atoms. The van der Waals surface area contributed by atoms with Gasteiger partial charge in [-0.1, -0.05) is 11.6 Å². The lowest BCUT2D eigenvalue weighted by atomic mass is 10.1. The molecule has 0 saturated carbocycles. The van der Waals surface area contributed by atoms with Gasteiger partial charge in [0, 0.05) is 11.2 Å². The molecule has 0 atom stereocenters. The molecule has 23 heavy (non-hydrogen) atoms. The van der Waals surface area contributed by atoms with Crippen molar-refractivity contribution in [3.05, 3.63) is 52.9 Å². The second kappa shape index (κ2) is 5.54. The molecule has 1 aromatic carbocycles. The minimum absolute atomic E-state index is 0.0733. The maximum absolute atomic E-state index is 13.0. The van der Waals surface area contributed by atoms with E-state index in [1.807, 2.05) is 0 Å². The number of nitrogens with one attached hydrogen (secondary N) is 2. The molecular weight excluding hydrogens is 333 g/mol. The number of H-pyrrole nitrogens is 1. The summed E-state index contributed by atoms with van der Waals surface area (Å²) < 4.78 is 39.0. The minimum atomic E-state index is -4.64. The van der Waals surface area contributed by atoms with Crippen molar-refractivity contribution < 1.29 is 18.0 Å². The zero-order valence-electron chi connectivity index (χ0n) is 11.3. The molecule has 0 spiro atoms. The van der Waals surface area contributed by atoms with Gasteiger partial charge < -0.3 is 10.3 Å². The lowest BCUT2D eigenvalue weighted by molar-refractivity contribution is -0.136. The van der Waals surface area contributed by atoms with Crippen molar-refractivity contribution in [2.45, 2.75) is 6.18 Å². The Bertz CT molecular complexity index is 891. The number of alkyl halides is 3. The molecule has 0 aliphatic carbocycles. The molecule has 3 aromatic rings. The first-order valence-electron chi connectivity index (χ1n) is 6.32. The number of carbonyl (C=O) groups excluding carboxylic acids is 1. The number of carbonyl (C=O) groups is 1. The second-order valence-corrected chi connectivity index (χ2v) is 5.08. The topological polar surface area (TPSA) is 70.7 Å². The van der Waals surface area contributed by atoms with Gasteiger partial charge in [-0.2, -0.15) is 13.2 Å². The van der Waals surface area contributed by atoms with Gasteiger partial charge in [-0.15, -0.1) is 0 Å². The third kappa shape index (κ3) is 3.11. The van der Waals surface area contributed by atoms with Crippen LogP contribution in [0.1, 0.15) is 15.9 Å². The van der Waals surface area contributed by atoms with E-state index in [1.165, 1.54) is 24.7 Å². The van der Waals surface area contributed by atoms with Crippen LogP contribution < -0.4 is 5.32 Å². The maximum Gasteiger partial charge on any atom is 0.418 e. The molecule has 9 heteroatoms. The van der Waals surface area contributed by atoms with Crippen LogP contribution in [0.2, 0.25) is 5.02 Å². The van der Waals surface area contributed by atoms with Crippen molar-refractivity contribution in [1.29, 1.82) is 0 Å². The molecule has 0 unspecified atom stereocenters. The second-order valence-electron chi connectivity index (χ2n) is 4.64. The van der Waals surface area contributed by atoms with Crippen LogP contribution in [0.25, 0.3) is 11.2 Å². The molecule has 118 valence electrons. The summed E-state index contributed by atoms with van der Waals surface area (Å²) >= 11 is 5.60. The molecule has 2 N–H and O–H groups in total. The quantitative estimate of drug-likeness (QED) is 0.743. The number of imidazole rings is 1. The van der Waals surface area contributed by atoms with E-state index in [2.05, 4.69) is 20.3 Å².